The Bertz CT molecular complexity index is 652. The summed E-state index contributed by atoms with van der Waals surface area (Å²) in [6, 6.07) is 2.69. The van der Waals surface area contributed by atoms with E-state index in [9.17, 15) is 13.6 Å². The smallest absolute Gasteiger partial charge is 0.259 e. The van der Waals surface area contributed by atoms with Crippen LogP contribution in [0.1, 0.15) is 10.4 Å². The Morgan fingerprint density at radius 1 is 1.11 bits per heavy atom. The van der Waals surface area contributed by atoms with Crippen LogP contribution in [0.2, 0.25) is 10.2 Å². The second-order valence-electron chi connectivity index (χ2n) is 3.43. The van der Waals surface area contributed by atoms with E-state index < -0.39 is 28.1 Å². The number of aromatic nitrogens is 2. The van der Waals surface area contributed by atoms with E-state index in [0.717, 1.165) is 12.4 Å². The molecule has 4 nitrogen and oxygen atoms in total. The molecule has 0 unspecified atom stereocenters. The van der Waals surface area contributed by atoms with Crippen molar-refractivity contribution in [3.8, 4) is 0 Å². The fourth-order valence-corrected chi connectivity index (χ4v) is 1.58. The normalized spacial score (nSPS) is 10.3. The Kier molecular flexibility index (Phi) is 3.92. The number of hydrogen-bond acceptors (Lipinski definition) is 3. The zero-order valence-electron chi connectivity index (χ0n) is 9.12. The van der Waals surface area contributed by atoms with Crippen molar-refractivity contribution in [3.63, 3.8) is 0 Å². The number of amides is 1. The summed E-state index contributed by atoms with van der Waals surface area (Å²) in [5.74, 6) is -2.64. The quantitative estimate of drug-likeness (QED) is 0.684. The van der Waals surface area contributed by atoms with E-state index in [4.69, 9.17) is 23.2 Å². The lowest BCUT2D eigenvalue weighted by Gasteiger charge is -2.06. The van der Waals surface area contributed by atoms with Crippen LogP contribution < -0.4 is 5.32 Å². The number of halogens is 4. The predicted molar refractivity (Wildman–Crippen MR) is 66.4 cm³/mol. The van der Waals surface area contributed by atoms with Crippen molar-refractivity contribution in [2.45, 2.75) is 0 Å². The van der Waals surface area contributed by atoms with Crippen molar-refractivity contribution < 1.29 is 13.6 Å². The SMILES string of the molecule is O=C(Nc1cc(Cl)ncn1)c1cc(F)c(Cl)cc1F. The summed E-state index contributed by atoms with van der Waals surface area (Å²) in [5.41, 5.74) is -0.489. The minimum absolute atomic E-state index is 0.0692. The van der Waals surface area contributed by atoms with Gasteiger partial charge < -0.3 is 5.32 Å². The first-order chi connectivity index (χ1) is 8.97. The fourth-order valence-electron chi connectivity index (χ4n) is 1.28. The van der Waals surface area contributed by atoms with Crippen LogP contribution in [0.25, 0.3) is 0 Å². The maximum Gasteiger partial charge on any atom is 0.259 e. The third-order valence-corrected chi connectivity index (χ3v) is 2.63. The van der Waals surface area contributed by atoms with Gasteiger partial charge in [0.2, 0.25) is 0 Å². The van der Waals surface area contributed by atoms with E-state index in [-0.39, 0.29) is 11.0 Å². The molecule has 19 heavy (non-hydrogen) atoms. The van der Waals surface area contributed by atoms with Crippen LogP contribution >= 0.6 is 23.2 Å². The standard InChI is InChI=1S/C11H5Cl2F2N3O/c12-6-2-7(14)5(1-8(6)15)11(19)18-10-3-9(13)16-4-17-10/h1-4H,(H,16,17,18,19). The van der Waals surface area contributed by atoms with Crippen LogP contribution in [0.3, 0.4) is 0 Å². The van der Waals surface area contributed by atoms with Crippen molar-refractivity contribution in [3.05, 3.63) is 51.9 Å². The van der Waals surface area contributed by atoms with E-state index in [1.54, 1.807) is 0 Å². The Balaban J connectivity index is 2.28. The van der Waals surface area contributed by atoms with Crippen molar-refractivity contribution in [2.24, 2.45) is 0 Å². The van der Waals surface area contributed by atoms with Crippen molar-refractivity contribution >= 4 is 34.9 Å². The highest BCUT2D eigenvalue weighted by Crippen LogP contribution is 2.20. The largest absolute Gasteiger partial charge is 0.306 e. The molecule has 1 N–H and O–H groups in total. The summed E-state index contributed by atoms with van der Waals surface area (Å²) < 4.78 is 26.7. The lowest BCUT2D eigenvalue weighted by molar-refractivity contribution is 0.102. The average molecular weight is 304 g/mol. The minimum atomic E-state index is -0.941. The van der Waals surface area contributed by atoms with Crippen LogP contribution in [0, 0.1) is 11.6 Å². The Labute approximate surface area is 116 Å². The minimum Gasteiger partial charge on any atom is -0.306 e. The maximum absolute atomic E-state index is 13.5. The molecule has 0 aliphatic rings. The molecule has 2 rings (SSSR count). The molecule has 0 radical (unpaired) electrons. The molecular weight excluding hydrogens is 299 g/mol. The molecule has 0 aliphatic carbocycles. The number of carbonyl (C=O) groups excluding carboxylic acids is 1. The summed E-state index contributed by atoms with van der Waals surface area (Å²) in [6.45, 7) is 0. The molecule has 1 aromatic heterocycles. The van der Waals surface area contributed by atoms with Crippen LogP contribution in [0.5, 0.6) is 0 Å². The topological polar surface area (TPSA) is 54.9 Å². The monoisotopic (exact) mass is 303 g/mol. The molecule has 98 valence electrons. The molecular formula is C11H5Cl2F2N3O. The van der Waals surface area contributed by atoms with E-state index in [2.05, 4.69) is 15.3 Å². The third-order valence-electron chi connectivity index (χ3n) is 2.13. The van der Waals surface area contributed by atoms with Gasteiger partial charge in [-0.25, -0.2) is 18.7 Å². The number of benzene rings is 1. The lowest BCUT2D eigenvalue weighted by atomic mass is 10.2. The van der Waals surface area contributed by atoms with E-state index in [1.165, 1.54) is 6.07 Å². The highest BCUT2D eigenvalue weighted by atomic mass is 35.5. The summed E-state index contributed by atoms with van der Waals surface area (Å²) >= 11 is 11.0. The van der Waals surface area contributed by atoms with Crippen LogP contribution in [0.4, 0.5) is 14.6 Å². The first-order valence-corrected chi connectivity index (χ1v) is 5.66. The van der Waals surface area contributed by atoms with E-state index >= 15 is 0 Å². The van der Waals surface area contributed by atoms with Crippen LogP contribution in [-0.2, 0) is 0 Å². The van der Waals surface area contributed by atoms with Gasteiger partial charge >= 0.3 is 0 Å². The highest BCUT2D eigenvalue weighted by Gasteiger charge is 2.16. The summed E-state index contributed by atoms with van der Waals surface area (Å²) in [7, 11) is 0. The van der Waals surface area contributed by atoms with Crippen LogP contribution in [-0.4, -0.2) is 15.9 Å². The molecule has 1 amide bonds. The first-order valence-electron chi connectivity index (χ1n) is 4.91. The van der Waals surface area contributed by atoms with E-state index in [0.29, 0.717) is 6.07 Å². The predicted octanol–water partition coefficient (Wildman–Crippen LogP) is 3.31. The van der Waals surface area contributed by atoms with Gasteiger partial charge in [-0.15, -0.1) is 0 Å². The number of nitrogens with zero attached hydrogens (tertiary/aromatic N) is 2. The maximum atomic E-state index is 13.5. The molecule has 0 aliphatic heterocycles. The average Bonchev–Trinajstić information content (AvgIpc) is 2.33. The van der Waals surface area contributed by atoms with Gasteiger partial charge in [-0.2, -0.15) is 0 Å². The van der Waals surface area contributed by atoms with Gasteiger partial charge in [0.1, 0.15) is 28.9 Å². The second-order valence-corrected chi connectivity index (χ2v) is 4.22. The molecule has 0 bridgehead atoms. The van der Waals surface area contributed by atoms with E-state index in [1.807, 2.05) is 0 Å². The van der Waals surface area contributed by atoms with Gasteiger partial charge in [0.15, 0.2) is 0 Å². The van der Waals surface area contributed by atoms with Gasteiger partial charge in [0.25, 0.3) is 5.91 Å². The zero-order valence-corrected chi connectivity index (χ0v) is 10.6. The molecule has 1 heterocycles. The van der Waals surface area contributed by atoms with Gasteiger partial charge in [0.05, 0.1) is 10.6 Å². The number of hydrogen-bond donors (Lipinski definition) is 1. The van der Waals surface area contributed by atoms with Gasteiger partial charge in [-0.1, -0.05) is 23.2 Å². The highest BCUT2D eigenvalue weighted by molar-refractivity contribution is 6.31. The zero-order chi connectivity index (χ0) is 14.0. The number of anilines is 1. The molecule has 0 saturated carbocycles. The lowest BCUT2D eigenvalue weighted by Crippen LogP contribution is -2.15. The summed E-state index contributed by atoms with van der Waals surface area (Å²) in [6.07, 6.45) is 1.12. The van der Waals surface area contributed by atoms with Gasteiger partial charge in [0, 0.05) is 6.07 Å². The Hall–Kier alpha value is -1.79. The molecule has 0 spiro atoms. The molecule has 8 heteroatoms. The summed E-state index contributed by atoms with van der Waals surface area (Å²) in [5, 5.41) is 1.96. The van der Waals surface area contributed by atoms with Gasteiger partial charge in [-0.05, 0) is 12.1 Å². The van der Waals surface area contributed by atoms with Crippen molar-refractivity contribution in [1.82, 2.24) is 9.97 Å². The number of rotatable bonds is 2. The molecule has 0 atom stereocenters. The van der Waals surface area contributed by atoms with Crippen molar-refractivity contribution in [1.29, 1.82) is 0 Å². The molecule has 0 fully saturated rings. The molecule has 1 aromatic carbocycles. The second kappa shape index (κ2) is 5.46. The molecule has 0 saturated heterocycles. The van der Waals surface area contributed by atoms with Gasteiger partial charge in [-0.3, -0.25) is 4.79 Å². The number of nitrogens with one attached hydrogen (secondary N) is 1. The fraction of sp³-hybridized carbons (Fsp3) is 0. The summed E-state index contributed by atoms with van der Waals surface area (Å²) in [4.78, 5) is 19.1. The number of carbonyl (C=O) groups is 1. The Morgan fingerprint density at radius 2 is 1.84 bits per heavy atom. The third kappa shape index (κ3) is 3.15. The molecule has 2 aromatic rings. The van der Waals surface area contributed by atoms with Crippen molar-refractivity contribution in [2.75, 3.05) is 5.32 Å². The first kappa shape index (κ1) is 13.6. The Morgan fingerprint density at radius 3 is 2.53 bits per heavy atom. The van der Waals surface area contributed by atoms with Crippen LogP contribution in [0.15, 0.2) is 24.5 Å².